The van der Waals surface area contributed by atoms with Crippen molar-refractivity contribution in [1.82, 2.24) is 14.8 Å². The van der Waals surface area contributed by atoms with Gasteiger partial charge in [0, 0.05) is 18.2 Å². The highest BCUT2D eigenvalue weighted by Crippen LogP contribution is 2.34. The molecule has 1 aromatic carbocycles. The highest BCUT2D eigenvalue weighted by molar-refractivity contribution is 7.99. The number of benzene rings is 1. The Morgan fingerprint density at radius 2 is 2.13 bits per heavy atom. The molecular formula is C22H29N5OS2. The number of hydrogen-bond acceptors (Lipinski definition) is 7. The topological polar surface area (TPSA) is 86.2 Å². The number of aromatic nitrogens is 1. The zero-order chi connectivity index (χ0) is 20.9. The van der Waals surface area contributed by atoms with Gasteiger partial charge in [-0.15, -0.1) is 23.1 Å². The standard InChI is InChI=1S/C22H29N5OS2/c23-14-16-4-5-19-20(13-16)30-21(25-19)17-6-9-26(10-7-17)8-2-1-3-18(24)22(28)27-11-12-29-15-27/h4-5,13,17-18H,1-3,6-12,15,24H2/t18-/m0/s1. The van der Waals surface area contributed by atoms with Crippen molar-refractivity contribution in [2.45, 2.75) is 44.1 Å². The van der Waals surface area contributed by atoms with Gasteiger partial charge in [0.2, 0.25) is 5.91 Å². The van der Waals surface area contributed by atoms with E-state index in [0.29, 0.717) is 11.5 Å². The number of carbonyl (C=O) groups is 1. The second-order valence-electron chi connectivity index (χ2n) is 8.20. The Morgan fingerprint density at radius 1 is 1.30 bits per heavy atom. The van der Waals surface area contributed by atoms with Crippen molar-refractivity contribution in [2.24, 2.45) is 5.73 Å². The number of nitrogens with two attached hydrogens (primary N) is 1. The van der Waals surface area contributed by atoms with E-state index in [1.165, 1.54) is 5.01 Å². The molecule has 30 heavy (non-hydrogen) atoms. The summed E-state index contributed by atoms with van der Waals surface area (Å²) in [7, 11) is 0. The van der Waals surface area contributed by atoms with Gasteiger partial charge < -0.3 is 15.5 Å². The summed E-state index contributed by atoms with van der Waals surface area (Å²) < 4.78 is 1.12. The Kier molecular flexibility index (Phi) is 7.26. The van der Waals surface area contributed by atoms with E-state index in [-0.39, 0.29) is 11.9 Å². The smallest absolute Gasteiger partial charge is 0.240 e. The van der Waals surface area contributed by atoms with Crippen molar-refractivity contribution in [3.05, 3.63) is 28.8 Å². The maximum absolute atomic E-state index is 12.3. The van der Waals surface area contributed by atoms with Crippen molar-refractivity contribution in [3.8, 4) is 6.07 Å². The Morgan fingerprint density at radius 3 is 2.87 bits per heavy atom. The molecule has 2 saturated heterocycles. The van der Waals surface area contributed by atoms with Gasteiger partial charge in [-0.05, 0) is 63.5 Å². The lowest BCUT2D eigenvalue weighted by atomic mass is 9.97. The van der Waals surface area contributed by atoms with Crippen molar-refractivity contribution in [3.63, 3.8) is 0 Å². The summed E-state index contributed by atoms with van der Waals surface area (Å²) in [6, 6.07) is 7.62. The predicted octanol–water partition coefficient (Wildman–Crippen LogP) is 3.38. The van der Waals surface area contributed by atoms with Crippen LogP contribution >= 0.6 is 23.1 Å². The largest absolute Gasteiger partial charge is 0.331 e. The van der Waals surface area contributed by atoms with E-state index < -0.39 is 0 Å². The van der Waals surface area contributed by atoms with Crippen LogP contribution in [0.3, 0.4) is 0 Å². The summed E-state index contributed by atoms with van der Waals surface area (Å²) >= 11 is 3.54. The van der Waals surface area contributed by atoms with E-state index >= 15 is 0 Å². The fraction of sp³-hybridized carbons (Fsp3) is 0.591. The number of nitriles is 1. The van der Waals surface area contributed by atoms with Crippen molar-refractivity contribution in [1.29, 1.82) is 5.26 Å². The predicted molar refractivity (Wildman–Crippen MR) is 124 cm³/mol. The lowest BCUT2D eigenvalue weighted by molar-refractivity contribution is -0.131. The Hall–Kier alpha value is -1.66. The molecule has 1 atom stereocenters. The third kappa shape index (κ3) is 5.14. The summed E-state index contributed by atoms with van der Waals surface area (Å²) in [5.74, 6) is 2.48. The molecule has 0 saturated carbocycles. The van der Waals surface area contributed by atoms with E-state index in [1.54, 1.807) is 23.1 Å². The van der Waals surface area contributed by atoms with Crippen LogP contribution in [-0.4, -0.2) is 64.5 Å². The van der Waals surface area contributed by atoms with Crippen molar-refractivity contribution < 1.29 is 4.79 Å². The van der Waals surface area contributed by atoms with Gasteiger partial charge in [-0.1, -0.05) is 6.42 Å². The van der Waals surface area contributed by atoms with Crippen LogP contribution in [0.2, 0.25) is 0 Å². The quantitative estimate of drug-likeness (QED) is 0.660. The number of amides is 1. The van der Waals surface area contributed by atoms with E-state index in [9.17, 15) is 4.79 Å². The molecule has 3 heterocycles. The minimum Gasteiger partial charge on any atom is -0.331 e. The minimum absolute atomic E-state index is 0.124. The number of thioether (sulfide) groups is 1. The molecule has 0 aliphatic carbocycles. The first-order valence-corrected chi connectivity index (χ1v) is 12.8. The number of rotatable bonds is 7. The van der Waals surface area contributed by atoms with Crippen LogP contribution in [-0.2, 0) is 4.79 Å². The first-order valence-electron chi connectivity index (χ1n) is 10.8. The molecular weight excluding hydrogens is 414 g/mol. The molecule has 2 aromatic rings. The third-order valence-corrected chi connectivity index (χ3v) is 8.24. The minimum atomic E-state index is -0.338. The van der Waals surface area contributed by atoms with Gasteiger partial charge in [-0.25, -0.2) is 4.98 Å². The Bertz CT molecular complexity index is 910. The first kappa shape index (κ1) is 21.6. The van der Waals surface area contributed by atoms with Gasteiger partial charge in [-0.2, -0.15) is 5.26 Å². The number of fused-ring (bicyclic) bond motifs is 1. The molecule has 4 rings (SSSR count). The molecule has 2 aliphatic heterocycles. The lowest BCUT2D eigenvalue weighted by Gasteiger charge is -2.31. The highest BCUT2D eigenvalue weighted by Gasteiger charge is 2.25. The van der Waals surface area contributed by atoms with Crippen molar-refractivity contribution >= 4 is 39.2 Å². The molecule has 0 spiro atoms. The number of nitrogens with zero attached hydrogens (tertiary/aromatic N) is 4. The number of thiazole rings is 1. The second kappa shape index (κ2) is 10.1. The average molecular weight is 444 g/mol. The van der Waals surface area contributed by atoms with E-state index in [4.69, 9.17) is 16.0 Å². The molecule has 2 fully saturated rings. The second-order valence-corrected chi connectivity index (χ2v) is 10.3. The fourth-order valence-electron chi connectivity index (χ4n) is 4.24. The Labute approximate surface area is 186 Å². The van der Waals surface area contributed by atoms with Crippen LogP contribution in [0, 0.1) is 11.3 Å². The van der Waals surface area contributed by atoms with Crippen LogP contribution in [0.4, 0.5) is 0 Å². The molecule has 0 unspecified atom stereocenters. The molecule has 2 aliphatic rings. The molecule has 160 valence electrons. The summed E-state index contributed by atoms with van der Waals surface area (Å²) in [4.78, 5) is 21.5. The number of piperidine rings is 1. The third-order valence-electron chi connectivity index (χ3n) is 6.09. The van der Waals surface area contributed by atoms with Gasteiger partial charge >= 0.3 is 0 Å². The SMILES string of the molecule is N#Cc1ccc2nc(C3CCN(CCCC[C@H](N)C(=O)N4CCSC4)CC3)sc2c1. The fourth-order valence-corrected chi connectivity index (χ4v) is 6.37. The molecule has 1 aromatic heterocycles. The van der Waals surface area contributed by atoms with E-state index in [2.05, 4.69) is 11.0 Å². The molecule has 0 bridgehead atoms. The molecule has 0 radical (unpaired) electrons. The Balaban J connectivity index is 1.18. The van der Waals surface area contributed by atoms with Gasteiger partial charge in [0.25, 0.3) is 0 Å². The molecule has 1 amide bonds. The maximum atomic E-state index is 12.3. The lowest BCUT2D eigenvalue weighted by Crippen LogP contribution is -2.42. The summed E-state index contributed by atoms with van der Waals surface area (Å²) in [6.45, 7) is 4.12. The summed E-state index contributed by atoms with van der Waals surface area (Å²) in [5, 5.41) is 10.3. The number of unbranched alkanes of at least 4 members (excludes halogenated alkanes) is 1. The monoisotopic (exact) mass is 443 g/mol. The molecule has 8 heteroatoms. The summed E-state index contributed by atoms with van der Waals surface area (Å²) in [5.41, 5.74) is 7.82. The highest BCUT2D eigenvalue weighted by atomic mass is 32.2. The summed E-state index contributed by atoms with van der Waals surface area (Å²) in [6.07, 6.45) is 5.16. The van der Waals surface area contributed by atoms with Gasteiger partial charge in [0.1, 0.15) is 0 Å². The van der Waals surface area contributed by atoms with Crippen LogP contribution in [0.15, 0.2) is 18.2 Å². The normalized spacial score (nSPS) is 19.3. The van der Waals surface area contributed by atoms with Crippen LogP contribution in [0.1, 0.15) is 48.6 Å². The van der Waals surface area contributed by atoms with Crippen LogP contribution in [0.5, 0.6) is 0 Å². The number of hydrogen-bond donors (Lipinski definition) is 1. The zero-order valence-corrected chi connectivity index (χ0v) is 18.9. The van der Waals surface area contributed by atoms with Crippen LogP contribution < -0.4 is 5.73 Å². The van der Waals surface area contributed by atoms with E-state index in [1.807, 2.05) is 23.1 Å². The number of likely N-dealkylation sites (tertiary alicyclic amines) is 1. The molecule has 6 nitrogen and oxygen atoms in total. The van der Waals surface area contributed by atoms with Crippen LogP contribution in [0.25, 0.3) is 10.2 Å². The average Bonchev–Trinajstić information content (AvgIpc) is 3.46. The van der Waals surface area contributed by atoms with Gasteiger partial charge in [0.05, 0.1) is 38.8 Å². The van der Waals surface area contributed by atoms with Gasteiger partial charge in [-0.3, -0.25) is 4.79 Å². The first-order chi connectivity index (χ1) is 14.6. The van der Waals surface area contributed by atoms with E-state index in [0.717, 1.165) is 80.1 Å². The number of carbonyl (C=O) groups excluding carboxylic acids is 1. The maximum Gasteiger partial charge on any atom is 0.240 e. The van der Waals surface area contributed by atoms with Gasteiger partial charge in [0.15, 0.2) is 0 Å². The zero-order valence-electron chi connectivity index (χ0n) is 17.3. The molecule has 2 N–H and O–H groups in total. The van der Waals surface area contributed by atoms with Crippen molar-refractivity contribution in [2.75, 3.05) is 37.8 Å².